The van der Waals surface area contributed by atoms with E-state index in [4.69, 9.17) is 25.2 Å². The van der Waals surface area contributed by atoms with Crippen LogP contribution in [0.1, 0.15) is 44.1 Å². The molecule has 1 aliphatic carbocycles. The summed E-state index contributed by atoms with van der Waals surface area (Å²) in [6.45, 7) is 0.697. The molecule has 14 nitrogen and oxygen atoms in total. The lowest BCUT2D eigenvalue weighted by atomic mass is 9.75. The molecule has 1 atom stereocenters. The maximum atomic E-state index is 13.2. The molecule has 0 aromatic heterocycles. The molecule has 242 valence electrons. The van der Waals surface area contributed by atoms with Crippen molar-refractivity contribution >= 4 is 35.0 Å². The van der Waals surface area contributed by atoms with Crippen molar-refractivity contribution in [1.29, 1.82) is 5.41 Å². The molecule has 0 radical (unpaired) electrons. The molecule has 0 aliphatic heterocycles. The summed E-state index contributed by atoms with van der Waals surface area (Å²) in [5.41, 5.74) is 4.95. The monoisotopic (exact) mass is 635 g/mol. The Morgan fingerprint density at radius 3 is 2.16 bits per heavy atom. The molecule has 2 aromatic carbocycles. The average molecular weight is 636 g/mol. The molecular formula is C28H42BN5O9S. The van der Waals surface area contributed by atoms with E-state index in [0.29, 0.717) is 50.3 Å². The first-order valence-corrected chi connectivity index (χ1v) is 15.5. The van der Waals surface area contributed by atoms with E-state index in [-0.39, 0.29) is 23.2 Å². The van der Waals surface area contributed by atoms with Gasteiger partial charge in [-0.2, -0.15) is 8.42 Å². The maximum absolute atomic E-state index is 13.2. The fourth-order valence-electron chi connectivity index (χ4n) is 4.80. The van der Waals surface area contributed by atoms with Gasteiger partial charge in [0.25, 0.3) is 10.1 Å². The van der Waals surface area contributed by atoms with Crippen LogP contribution < -0.4 is 31.2 Å². The van der Waals surface area contributed by atoms with E-state index in [0.717, 1.165) is 18.4 Å². The van der Waals surface area contributed by atoms with Gasteiger partial charge in [0.05, 0.1) is 25.1 Å². The number of rotatable bonds is 14. The van der Waals surface area contributed by atoms with Gasteiger partial charge >= 0.3 is 7.12 Å². The Hall–Kier alpha value is -3.86. The molecule has 1 aliphatic rings. The minimum Gasteiger partial charge on any atom is -0.493 e. The first-order chi connectivity index (χ1) is 20.8. The van der Waals surface area contributed by atoms with Crippen molar-refractivity contribution in [2.75, 3.05) is 27.3 Å². The molecule has 0 bridgehead atoms. The molecular weight excluding hydrogens is 593 g/mol. The summed E-state index contributed by atoms with van der Waals surface area (Å²) in [5, 5.41) is 34.8. The van der Waals surface area contributed by atoms with Crippen molar-refractivity contribution in [2.45, 2.75) is 55.8 Å². The Morgan fingerprint density at radius 2 is 1.64 bits per heavy atom. The molecule has 3 rings (SSSR count). The van der Waals surface area contributed by atoms with Gasteiger partial charge < -0.3 is 41.2 Å². The summed E-state index contributed by atoms with van der Waals surface area (Å²) in [4.78, 5) is 26.2. The van der Waals surface area contributed by atoms with Crippen LogP contribution >= 0.6 is 0 Å². The fourth-order valence-corrected chi connectivity index (χ4v) is 5.30. The van der Waals surface area contributed by atoms with E-state index in [9.17, 15) is 28.1 Å². The second kappa shape index (κ2) is 17.4. The van der Waals surface area contributed by atoms with Crippen LogP contribution in [0.25, 0.3) is 0 Å². The molecule has 2 aromatic rings. The van der Waals surface area contributed by atoms with E-state index >= 15 is 0 Å². The number of carbonyl (C=O) groups excluding carboxylic acids is 2. The Morgan fingerprint density at radius 1 is 1.00 bits per heavy atom. The molecule has 0 spiro atoms. The van der Waals surface area contributed by atoms with Gasteiger partial charge in [0.1, 0.15) is 5.41 Å². The summed E-state index contributed by atoms with van der Waals surface area (Å²) in [6.07, 6.45) is 3.54. The number of guanidine groups is 1. The summed E-state index contributed by atoms with van der Waals surface area (Å²) in [6, 6.07) is 13.0. The first kappa shape index (κ1) is 36.3. The molecule has 16 heteroatoms. The third kappa shape index (κ3) is 11.0. The second-order valence-corrected chi connectivity index (χ2v) is 11.7. The maximum Gasteiger partial charge on any atom is 0.475 e. The van der Waals surface area contributed by atoms with Crippen molar-refractivity contribution in [3.8, 4) is 11.5 Å². The van der Waals surface area contributed by atoms with Gasteiger partial charge in [-0.25, -0.2) is 0 Å². The largest absolute Gasteiger partial charge is 0.493 e. The van der Waals surface area contributed by atoms with Gasteiger partial charge in [0.2, 0.25) is 11.8 Å². The van der Waals surface area contributed by atoms with Crippen molar-refractivity contribution in [1.82, 2.24) is 16.0 Å². The van der Waals surface area contributed by atoms with Crippen molar-refractivity contribution < 1.29 is 42.1 Å². The summed E-state index contributed by atoms with van der Waals surface area (Å²) >= 11 is 0. The Balaban J connectivity index is 0.000000569. The van der Waals surface area contributed by atoms with Crippen LogP contribution in [0.2, 0.25) is 0 Å². The number of hydrogen-bond donors (Lipinski definition) is 8. The van der Waals surface area contributed by atoms with Crippen LogP contribution in [0.4, 0.5) is 0 Å². The summed E-state index contributed by atoms with van der Waals surface area (Å²) < 4.78 is 39.8. The minimum atomic E-state index is -4.00. The number of ether oxygens (including phenoxy) is 2. The molecule has 1 fully saturated rings. The van der Waals surface area contributed by atoms with E-state index < -0.39 is 34.5 Å². The highest BCUT2D eigenvalue weighted by atomic mass is 32.2. The lowest BCUT2D eigenvalue weighted by Crippen LogP contribution is -2.56. The van der Waals surface area contributed by atoms with E-state index in [1.807, 2.05) is 12.1 Å². The van der Waals surface area contributed by atoms with Crippen LogP contribution in [-0.4, -0.2) is 81.2 Å². The van der Waals surface area contributed by atoms with Crippen LogP contribution in [0, 0.1) is 10.8 Å². The van der Waals surface area contributed by atoms with Crippen LogP contribution in [0.15, 0.2) is 53.4 Å². The molecule has 2 amide bonds. The zero-order valence-electron chi connectivity index (χ0n) is 24.9. The van der Waals surface area contributed by atoms with E-state index in [2.05, 4.69) is 16.0 Å². The van der Waals surface area contributed by atoms with Crippen LogP contribution in [0.5, 0.6) is 11.5 Å². The summed E-state index contributed by atoms with van der Waals surface area (Å²) in [5.74, 6) is -0.739. The standard InChI is InChI=1S/C22H36BN5O6.C6H6O3S/c1-33-16-8-7-15(14-17(16)34-2)9-13-26-19(29)22(10-3-4-11-22)20(30)28-18(23(31)32)6-5-12-27-21(24)25;7-10(8,9)6-4-2-1-3-5-6/h7-8,14,18,31-32H,3-6,9-13H2,1-2H3,(H,26,29)(H,28,30)(H4,24,25,27);1-5H,(H,7,8,9). The molecule has 9 N–H and O–H groups in total. The number of nitrogens with one attached hydrogen (secondary N) is 4. The highest BCUT2D eigenvalue weighted by Gasteiger charge is 2.48. The first-order valence-electron chi connectivity index (χ1n) is 14.1. The smallest absolute Gasteiger partial charge is 0.475 e. The van der Waals surface area contributed by atoms with Gasteiger partial charge in [-0.15, -0.1) is 0 Å². The number of methoxy groups -OCH3 is 2. The van der Waals surface area contributed by atoms with Gasteiger partial charge in [0.15, 0.2) is 17.5 Å². The molecule has 0 saturated heterocycles. The van der Waals surface area contributed by atoms with Gasteiger partial charge in [-0.3, -0.25) is 19.6 Å². The highest BCUT2D eigenvalue weighted by molar-refractivity contribution is 7.85. The number of amides is 2. The minimum absolute atomic E-state index is 0.0741. The highest BCUT2D eigenvalue weighted by Crippen LogP contribution is 2.39. The van der Waals surface area contributed by atoms with E-state index in [1.165, 1.54) is 12.1 Å². The zero-order valence-corrected chi connectivity index (χ0v) is 25.7. The zero-order chi connectivity index (χ0) is 32.8. The number of benzene rings is 2. The van der Waals surface area contributed by atoms with Gasteiger partial charge in [0, 0.05) is 13.1 Å². The Kier molecular flexibility index (Phi) is 14.4. The topological polar surface area (TPSA) is 233 Å². The van der Waals surface area contributed by atoms with Gasteiger partial charge in [-0.05, 0) is 61.9 Å². The van der Waals surface area contributed by atoms with Gasteiger partial charge in [-0.1, -0.05) is 37.1 Å². The Bertz CT molecular complexity index is 1340. The predicted molar refractivity (Wildman–Crippen MR) is 165 cm³/mol. The summed E-state index contributed by atoms with van der Waals surface area (Å²) in [7, 11) is -2.65. The van der Waals surface area contributed by atoms with Crippen molar-refractivity contribution in [3.63, 3.8) is 0 Å². The number of hydrogen-bond acceptors (Lipinski definition) is 9. The average Bonchev–Trinajstić information content (AvgIpc) is 3.50. The number of carbonyl (C=O) groups is 2. The fraction of sp³-hybridized carbons (Fsp3) is 0.464. The van der Waals surface area contributed by atoms with Crippen molar-refractivity contribution in [2.24, 2.45) is 11.1 Å². The molecule has 0 heterocycles. The third-order valence-electron chi connectivity index (χ3n) is 7.20. The lowest BCUT2D eigenvalue weighted by Gasteiger charge is -2.29. The second-order valence-electron chi connectivity index (χ2n) is 10.2. The SMILES string of the molecule is COc1ccc(CCNC(=O)C2(C(=O)NC(CCCNC(=N)N)B(O)O)CCCC2)cc1OC.O=S(=O)(O)c1ccccc1. The van der Waals surface area contributed by atoms with Crippen molar-refractivity contribution in [3.05, 3.63) is 54.1 Å². The Labute approximate surface area is 258 Å². The normalized spacial score (nSPS) is 14.3. The van der Waals surface area contributed by atoms with Crippen LogP contribution in [-0.2, 0) is 26.1 Å². The predicted octanol–water partition coefficient (Wildman–Crippen LogP) is 0.616. The molecule has 44 heavy (non-hydrogen) atoms. The molecule has 1 unspecified atom stereocenters. The van der Waals surface area contributed by atoms with Crippen LogP contribution in [0.3, 0.4) is 0 Å². The number of nitrogens with two attached hydrogens (primary N) is 1. The quantitative estimate of drug-likeness (QED) is 0.0358. The molecule has 1 saturated carbocycles. The van der Waals surface area contributed by atoms with E-state index in [1.54, 1.807) is 38.5 Å². The third-order valence-corrected chi connectivity index (χ3v) is 8.07. The lowest BCUT2D eigenvalue weighted by molar-refractivity contribution is -0.143.